The Morgan fingerprint density at radius 3 is 0.797 bits per heavy atom. The Kier molecular flexibility index (Phi) is 24.9. The zero-order valence-electron chi connectivity index (χ0n) is 45.0. The number of halogens is 2. The van der Waals surface area contributed by atoms with Gasteiger partial charge in [-0.15, -0.1) is 0 Å². The summed E-state index contributed by atoms with van der Waals surface area (Å²) in [5, 5.41) is 13.3. The van der Waals surface area contributed by atoms with Crippen LogP contribution in [0.25, 0.3) is 32.7 Å². The summed E-state index contributed by atoms with van der Waals surface area (Å²) < 4.78 is 0. The SMILES string of the molecule is CCN(CC)c1ccc(P(c2ccc(N(CC)CC)cc2)c2ccc3ccccc3c2-c2c(P(c3ccc(N(CC)CC)cc3)c3ccc(N(CC)CC)cc3)ccc3ccccc23)cc1.CN(C)C=O.[Cl-].[Cl-].[Ru+2]. The van der Waals surface area contributed by atoms with Gasteiger partial charge in [0.2, 0.25) is 6.41 Å². The third-order valence-corrected chi connectivity index (χ3v) is 18.7. The maximum atomic E-state index is 9.43. The van der Waals surface area contributed by atoms with E-state index in [1.165, 1.54) is 92.1 Å². The summed E-state index contributed by atoms with van der Waals surface area (Å²) in [5.41, 5.74) is 7.79. The molecule has 11 heteroatoms. The normalized spacial score (nSPS) is 10.7. The first-order chi connectivity index (χ1) is 34.7. The fourth-order valence-corrected chi connectivity index (χ4v) is 14.7. The molecule has 0 bridgehead atoms. The van der Waals surface area contributed by atoms with Crippen molar-refractivity contribution in [2.45, 2.75) is 55.4 Å². The van der Waals surface area contributed by atoms with Crippen LogP contribution in [0.1, 0.15) is 55.4 Å². The average molecular weight is 1150 g/mol. The van der Waals surface area contributed by atoms with Gasteiger partial charge in [-0.3, -0.25) is 4.79 Å². The van der Waals surface area contributed by atoms with E-state index in [-0.39, 0.29) is 44.3 Å². The van der Waals surface area contributed by atoms with E-state index in [9.17, 15) is 4.79 Å². The van der Waals surface area contributed by atoms with E-state index in [1.54, 1.807) is 14.1 Å². The van der Waals surface area contributed by atoms with Crippen molar-refractivity contribution in [3.63, 3.8) is 0 Å². The molecule has 0 unspecified atom stereocenters. The van der Waals surface area contributed by atoms with Crippen molar-refractivity contribution in [3.05, 3.63) is 170 Å². The molecule has 0 atom stereocenters. The molecule has 6 nitrogen and oxygen atoms in total. The van der Waals surface area contributed by atoms with Gasteiger partial charge in [0.05, 0.1) is 0 Å². The van der Waals surface area contributed by atoms with Gasteiger partial charge in [-0.2, -0.15) is 0 Å². The number of benzene rings is 8. The summed E-state index contributed by atoms with van der Waals surface area (Å²) in [6.45, 7) is 25.8. The summed E-state index contributed by atoms with van der Waals surface area (Å²) >= 11 is 0. The molecule has 0 aromatic heterocycles. The van der Waals surface area contributed by atoms with Crippen molar-refractivity contribution in [1.82, 2.24) is 4.90 Å². The zero-order chi connectivity index (χ0) is 50.4. The first kappa shape index (κ1) is 61.6. The smallest absolute Gasteiger partial charge is 1.00 e. The Morgan fingerprint density at radius 1 is 0.351 bits per heavy atom. The summed E-state index contributed by atoms with van der Waals surface area (Å²) in [7, 11) is 1.35. The van der Waals surface area contributed by atoms with Crippen LogP contribution in [0.5, 0.6) is 0 Å². The monoisotopic (exact) mass is 1150 g/mol. The number of amides is 1. The van der Waals surface area contributed by atoms with E-state index in [0.29, 0.717) is 0 Å². The Hall–Kier alpha value is -4.99. The van der Waals surface area contributed by atoms with Gasteiger partial charge >= 0.3 is 19.5 Å². The van der Waals surface area contributed by atoms with Crippen molar-refractivity contribution in [1.29, 1.82) is 0 Å². The number of hydrogen-bond donors (Lipinski definition) is 0. The molecule has 0 N–H and O–H groups in total. The maximum Gasteiger partial charge on any atom is 2.00 e. The fraction of sp³-hybridized carbons (Fsp3) is 0.286. The summed E-state index contributed by atoms with van der Waals surface area (Å²) in [6.07, 6.45) is 0.750. The number of nitrogens with zero attached hydrogens (tertiary/aromatic N) is 5. The molecule has 0 saturated heterocycles. The minimum absolute atomic E-state index is 0. The summed E-state index contributed by atoms with van der Waals surface area (Å²) in [6, 6.07) is 66.1. The van der Waals surface area contributed by atoms with Crippen LogP contribution in [0, 0.1) is 0 Å². The van der Waals surface area contributed by atoms with Crippen LogP contribution in [0.2, 0.25) is 0 Å². The first-order valence-electron chi connectivity index (χ1n) is 25.8. The number of anilines is 4. The van der Waals surface area contributed by atoms with E-state index in [0.717, 1.165) is 58.8 Å². The summed E-state index contributed by atoms with van der Waals surface area (Å²) in [4.78, 5) is 20.7. The standard InChI is InChI=1S/C60H68N4P2.C3H7NO.2ClH.Ru/c1-9-61(10-2)47-27-35-51(36-28-47)65(52-37-29-48(30-38-52)62(11-3)12-4)57-43-25-45-21-17-19-23-55(45)59(57)60-56-24-20-18-22-46(56)26-44-58(60)66(53-39-31-49(32-40-53)63(13-5)14-6)54-41-33-50(34-42-54)64(15-7)16-8;1-4(2)3-5;;;/h17-44H,9-16H2,1-8H3;3H,1-2H3;2*1H;/q;;;;+2/p-2. The van der Waals surface area contributed by atoms with Crippen LogP contribution in [0.3, 0.4) is 0 Å². The quantitative estimate of drug-likeness (QED) is 0.0512. The van der Waals surface area contributed by atoms with E-state index < -0.39 is 15.8 Å². The molecule has 0 radical (unpaired) electrons. The third-order valence-electron chi connectivity index (χ3n) is 13.7. The van der Waals surface area contributed by atoms with E-state index >= 15 is 0 Å². The molecule has 390 valence electrons. The second-order valence-corrected chi connectivity index (χ2v) is 22.2. The van der Waals surface area contributed by atoms with Crippen molar-refractivity contribution in [2.75, 3.05) is 86.1 Å². The van der Waals surface area contributed by atoms with Gasteiger partial charge in [0, 0.05) is 89.2 Å². The molecular weight excluding hydrogens is 1080 g/mol. The molecule has 8 rings (SSSR count). The predicted molar refractivity (Wildman–Crippen MR) is 318 cm³/mol. The van der Waals surface area contributed by atoms with Gasteiger partial charge in [0.25, 0.3) is 0 Å². The first-order valence-corrected chi connectivity index (χ1v) is 28.5. The number of carbonyl (C=O) groups excluding carboxylic acids is 1. The number of hydrogen-bond acceptors (Lipinski definition) is 5. The van der Waals surface area contributed by atoms with Crippen LogP contribution in [0.4, 0.5) is 22.7 Å². The molecule has 0 spiro atoms. The second kappa shape index (κ2) is 29.9. The molecule has 0 aliphatic carbocycles. The Bertz CT molecular complexity index is 2640. The fourth-order valence-electron chi connectivity index (χ4n) is 9.88. The number of fused-ring (bicyclic) bond motifs is 2. The molecular formula is C63H75Cl2N5OP2Ru. The van der Waals surface area contributed by atoms with Crippen LogP contribution in [-0.2, 0) is 24.3 Å². The zero-order valence-corrected chi connectivity index (χ0v) is 50.1. The Morgan fingerprint density at radius 2 is 0.581 bits per heavy atom. The molecule has 0 saturated carbocycles. The Balaban J connectivity index is 0.00000141. The maximum absolute atomic E-state index is 9.43. The molecule has 0 aliphatic rings. The van der Waals surface area contributed by atoms with Crippen LogP contribution < -0.4 is 76.2 Å². The van der Waals surface area contributed by atoms with E-state index in [1.807, 2.05) is 0 Å². The topological polar surface area (TPSA) is 33.3 Å². The van der Waals surface area contributed by atoms with Crippen molar-refractivity contribution in [3.8, 4) is 11.1 Å². The van der Waals surface area contributed by atoms with Crippen LogP contribution in [-0.4, -0.2) is 77.8 Å². The van der Waals surface area contributed by atoms with Crippen molar-refractivity contribution >= 4 is 98.4 Å². The minimum Gasteiger partial charge on any atom is -1.00 e. The van der Waals surface area contributed by atoms with Gasteiger partial charge in [0.1, 0.15) is 0 Å². The third kappa shape index (κ3) is 13.9. The second-order valence-electron chi connectivity index (χ2n) is 17.9. The number of carbonyl (C=O) groups is 1. The van der Waals surface area contributed by atoms with E-state index in [4.69, 9.17) is 0 Å². The number of rotatable bonds is 20. The summed E-state index contributed by atoms with van der Waals surface area (Å²) in [5.74, 6) is 0. The van der Waals surface area contributed by atoms with Crippen molar-refractivity contribution < 1.29 is 49.1 Å². The van der Waals surface area contributed by atoms with Crippen LogP contribution >= 0.6 is 15.8 Å². The van der Waals surface area contributed by atoms with Crippen LogP contribution in [0.15, 0.2) is 170 Å². The molecule has 8 aromatic rings. The molecule has 0 fully saturated rings. The minimum atomic E-state index is -1.01. The molecule has 74 heavy (non-hydrogen) atoms. The van der Waals surface area contributed by atoms with Gasteiger partial charge in [-0.1, -0.05) is 121 Å². The van der Waals surface area contributed by atoms with Gasteiger partial charge in [-0.25, -0.2) is 0 Å². The Labute approximate surface area is 471 Å². The average Bonchev–Trinajstić information content (AvgIpc) is 3.42. The van der Waals surface area contributed by atoms with Gasteiger partial charge in [-0.05, 0) is 184 Å². The van der Waals surface area contributed by atoms with Crippen molar-refractivity contribution in [2.24, 2.45) is 0 Å². The largest absolute Gasteiger partial charge is 2.00 e. The molecule has 0 aliphatic heterocycles. The van der Waals surface area contributed by atoms with Gasteiger partial charge in [0.15, 0.2) is 0 Å². The molecule has 8 aromatic carbocycles. The van der Waals surface area contributed by atoms with E-state index in [2.05, 4.69) is 245 Å². The van der Waals surface area contributed by atoms with Gasteiger partial charge < -0.3 is 49.3 Å². The molecule has 1 amide bonds. The molecule has 0 heterocycles. The predicted octanol–water partition coefficient (Wildman–Crippen LogP) is 6.27.